The fourth-order valence-electron chi connectivity index (χ4n) is 1.56. The number of rotatable bonds is 5. The van der Waals surface area contributed by atoms with Gasteiger partial charge in [-0.05, 0) is 28.7 Å². The lowest BCUT2D eigenvalue weighted by atomic mass is 10.2. The maximum atomic E-state index is 12.0. The Labute approximate surface area is 132 Å². The van der Waals surface area contributed by atoms with Gasteiger partial charge in [0.2, 0.25) is 0 Å². The summed E-state index contributed by atoms with van der Waals surface area (Å²) in [5, 5.41) is 15.4. The Balaban J connectivity index is 2.01. The number of aromatic nitrogens is 1. The smallest absolute Gasteiger partial charge is 0.270 e. The Kier molecular flexibility index (Phi) is 5.01. The number of nitro groups is 1. The first-order chi connectivity index (χ1) is 9.58. The Morgan fingerprint density at radius 1 is 1.50 bits per heavy atom. The minimum atomic E-state index is -0.512. The van der Waals surface area contributed by atoms with Gasteiger partial charge in [0.15, 0.2) is 0 Å². The molecule has 0 fully saturated rings. The predicted molar refractivity (Wildman–Crippen MR) is 84.0 cm³/mol. The first kappa shape index (κ1) is 14.9. The van der Waals surface area contributed by atoms with Crippen molar-refractivity contribution in [1.82, 2.24) is 10.3 Å². The van der Waals surface area contributed by atoms with Crippen molar-refractivity contribution >= 4 is 45.5 Å². The van der Waals surface area contributed by atoms with E-state index < -0.39 is 4.92 Å². The fourth-order valence-corrected chi connectivity index (χ4v) is 2.73. The van der Waals surface area contributed by atoms with Crippen LogP contribution in [0.5, 0.6) is 0 Å². The van der Waals surface area contributed by atoms with E-state index in [-0.39, 0.29) is 11.6 Å². The molecule has 1 amide bonds. The lowest BCUT2D eigenvalue weighted by Crippen LogP contribution is -2.26. The van der Waals surface area contributed by atoms with Crippen LogP contribution in [0.4, 0.5) is 5.69 Å². The van der Waals surface area contributed by atoms with Gasteiger partial charge in [0.05, 0.1) is 21.7 Å². The molecule has 0 aliphatic carbocycles. The van der Waals surface area contributed by atoms with Crippen molar-refractivity contribution < 1.29 is 9.72 Å². The van der Waals surface area contributed by atoms with Crippen LogP contribution in [0.3, 0.4) is 0 Å². The van der Waals surface area contributed by atoms with Gasteiger partial charge in [-0.3, -0.25) is 14.9 Å². The van der Waals surface area contributed by atoms with E-state index >= 15 is 0 Å². The van der Waals surface area contributed by atoms with Crippen LogP contribution in [0.2, 0.25) is 0 Å². The van der Waals surface area contributed by atoms with Crippen LogP contribution in [-0.4, -0.2) is 22.4 Å². The zero-order chi connectivity index (χ0) is 14.5. The van der Waals surface area contributed by atoms with E-state index in [1.807, 2.05) is 28.0 Å². The second kappa shape index (κ2) is 6.75. The number of nitrogens with one attached hydrogen (secondary N) is 1. The average Bonchev–Trinajstić information content (AvgIpc) is 2.92. The third-order valence-corrected chi connectivity index (χ3v) is 4.13. The fraction of sp³-hybridized carbons (Fsp3) is 0.167. The Morgan fingerprint density at radius 3 is 2.95 bits per heavy atom. The molecule has 0 unspecified atom stereocenters. The average molecular weight is 403 g/mol. The number of hydrogen-bond acceptors (Lipinski definition) is 5. The molecule has 0 bridgehead atoms. The highest BCUT2D eigenvalue weighted by molar-refractivity contribution is 14.1. The monoisotopic (exact) mass is 403 g/mol. The summed E-state index contributed by atoms with van der Waals surface area (Å²) in [6, 6.07) is 4.24. The largest absolute Gasteiger partial charge is 0.352 e. The normalized spacial score (nSPS) is 10.2. The Bertz CT molecular complexity index is 631. The molecule has 1 aromatic carbocycles. The molecule has 0 spiro atoms. The number of amides is 1. The number of thiazole rings is 1. The van der Waals surface area contributed by atoms with Crippen LogP contribution < -0.4 is 5.32 Å². The SMILES string of the molecule is O=C(NCCc1cscn1)c1cc([N+](=O)[O-])ccc1I. The van der Waals surface area contributed by atoms with Crippen LogP contribution in [-0.2, 0) is 6.42 Å². The summed E-state index contributed by atoms with van der Waals surface area (Å²) in [5.41, 5.74) is 2.89. The van der Waals surface area contributed by atoms with Crippen molar-refractivity contribution in [1.29, 1.82) is 0 Å². The van der Waals surface area contributed by atoms with Crippen molar-refractivity contribution in [3.63, 3.8) is 0 Å². The van der Waals surface area contributed by atoms with Gasteiger partial charge < -0.3 is 5.32 Å². The van der Waals surface area contributed by atoms with Crippen LogP contribution in [0.25, 0.3) is 0 Å². The van der Waals surface area contributed by atoms with E-state index in [0.29, 0.717) is 22.1 Å². The molecule has 2 aromatic rings. The van der Waals surface area contributed by atoms with Crippen molar-refractivity contribution in [2.24, 2.45) is 0 Å². The number of non-ortho nitro benzene ring substituents is 1. The molecule has 0 atom stereocenters. The molecule has 0 aliphatic heterocycles. The molecule has 20 heavy (non-hydrogen) atoms. The quantitative estimate of drug-likeness (QED) is 0.473. The molecular weight excluding hydrogens is 393 g/mol. The zero-order valence-electron chi connectivity index (χ0n) is 10.2. The Morgan fingerprint density at radius 2 is 2.30 bits per heavy atom. The molecule has 1 heterocycles. The van der Waals surface area contributed by atoms with Gasteiger partial charge in [0.25, 0.3) is 11.6 Å². The van der Waals surface area contributed by atoms with Crippen molar-refractivity contribution in [3.05, 3.63) is 54.0 Å². The molecule has 104 valence electrons. The van der Waals surface area contributed by atoms with Crippen LogP contribution in [0.1, 0.15) is 16.1 Å². The lowest BCUT2D eigenvalue weighted by Gasteiger charge is -2.06. The van der Waals surface area contributed by atoms with Crippen LogP contribution in [0, 0.1) is 13.7 Å². The summed E-state index contributed by atoms with van der Waals surface area (Å²) in [5.74, 6) is -0.312. The zero-order valence-corrected chi connectivity index (χ0v) is 13.2. The second-order valence-corrected chi connectivity index (χ2v) is 5.79. The number of halogens is 1. The molecule has 0 radical (unpaired) electrons. The van der Waals surface area contributed by atoms with E-state index in [4.69, 9.17) is 0 Å². The summed E-state index contributed by atoms with van der Waals surface area (Å²) < 4.78 is 0.680. The minimum Gasteiger partial charge on any atom is -0.352 e. The molecule has 0 aliphatic rings. The summed E-state index contributed by atoms with van der Waals surface area (Å²) >= 11 is 3.49. The van der Waals surface area contributed by atoms with E-state index in [9.17, 15) is 14.9 Å². The van der Waals surface area contributed by atoms with Gasteiger partial charge in [-0.1, -0.05) is 0 Å². The maximum absolute atomic E-state index is 12.0. The summed E-state index contributed by atoms with van der Waals surface area (Å²) in [4.78, 5) is 26.3. The highest BCUT2D eigenvalue weighted by Crippen LogP contribution is 2.19. The third-order valence-electron chi connectivity index (χ3n) is 2.56. The van der Waals surface area contributed by atoms with Crippen molar-refractivity contribution in [2.45, 2.75) is 6.42 Å². The molecule has 0 saturated heterocycles. The molecule has 6 nitrogen and oxygen atoms in total. The maximum Gasteiger partial charge on any atom is 0.270 e. The van der Waals surface area contributed by atoms with Crippen molar-refractivity contribution in [3.8, 4) is 0 Å². The number of carbonyl (C=O) groups excluding carboxylic acids is 1. The molecule has 0 saturated carbocycles. The molecule has 1 aromatic heterocycles. The van der Waals surface area contributed by atoms with Gasteiger partial charge >= 0.3 is 0 Å². The van der Waals surface area contributed by atoms with Gasteiger partial charge in [0.1, 0.15) is 0 Å². The number of benzene rings is 1. The number of hydrogen-bond donors (Lipinski definition) is 1. The number of carbonyl (C=O) groups is 1. The Hall–Kier alpha value is -1.55. The van der Waals surface area contributed by atoms with Gasteiger partial charge in [-0.2, -0.15) is 0 Å². The van der Waals surface area contributed by atoms with E-state index in [1.165, 1.54) is 23.5 Å². The summed E-state index contributed by atoms with van der Waals surface area (Å²) in [6.07, 6.45) is 0.640. The van der Waals surface area contributed by atoms with E-state index in [1.54, 1.807) is 11.6 Å². The van der Waals surface area contributed by atoms with Crippen LogP contribution in [0.15, 0.2) is 29.1 Å². The molecular formula is C12H10IN3O3S. The van der Waals surface area contributed by atoms with E-state index in [0.717, 1.165) is 5.69 Å². The highest BCUT2D eigenvalue weighted by atomic mass is 127. The molecule has 2 rings (SSSR count). The molecule has 1 N–H and O–H groups in total. The summed E-state index contributed by atoms with van der Waals surface area (Å²) in [6.45, 7) is 0.446. The van der Waals surface area contributed by atoms with E-state index in [2.05, 4.69) is 10.3 Å². The first-order valence-corrected chi connectivity index (χ1v) is 7.69. The van der Waals surface area contributed by atoms with Gasteiger partial charge in [-0.15, -0.1) is 11.3 Å². The second-order valence-electron chi connectivity index (χ2n) is 3.91. The topological polar surface area (TPSA) is 85.1 Å². The standard InChI is InChI=1S/C12H10IN3O3S/c13-11-2-1-9(16(18)19)5-10(11)12(17)14-4-3-8-6-20-7-15-8/h1-2,5-7H,3-4H2,(H,14,17). The van der Waals surface area contributed by atoms with Gasteiger partial charge in [0, 0.05) is 34.0 Å². The number of nitro benzene ring substituents is 1. The molecule has 8 heteroatoms. The van der Waals surface area contributed by atoms with Gasteiger partial charge in [-0.25, -0.2) is 4.98 Å². The first-order valence-electron chi connectivity index (χ1n) is 5.67. The number of nitrogens with zero attached hydrogens (tertiary/aromatic N) is 2. The lowest BCUT2D eigenvalue weighted by molar-refractivity contribution is -0.384. The van der Waals surface area contributed by atoms with Crippen molar-refractivity contribution in [2.75, 3.05) is 6.54 Å². The third kappa shape index (κ3) is 3.73. The summed E-state index contributed by atoms with van der Waals surface area (Å²) in [7, 11) is 0. The predicted octanol–water partition coefficient (Wildman–Crippen LogP) is 2.63. The van der Waals surface area contributed by atoms with Crippen LogP contribution >= 0.6 is 33.9 Å². The highest BCUT2D eigenvalue weighted by Gasteiger charge is 2.15. The minimum absolute atomic E-state index is 0.0879.